The molecule has 1 heterocycles. The van der Waals surface area contributed by atoms with Gasteiger partial charge in [-0.25, -0.2) is 0 Å². The Balaban J connectivity index is 1.57. The van der Waals surface area contributed by atoms with Crippen molar-refractivity contribution in [2.75, 3.05) is 17.7 Å². The Morgan fingerprint density at radius 1 is 1.18 bits per heavy atom. The monoisotopic (exact) mass is 298 g/mol. The van der Waals surface area contributed by atoms with Gasteiger partial charge in [-0.15, -0.1) is 10.2 Å². The zero-order valence-electron chi connectivity index (χ0n) is 12.4. The Morgan fingerprint density at radius 2 is 1.91 bits per heavy atom. The van der Waals surface area contributed by atoms with Crippen LogP contribution in [0.25, 0.3) is 0 Å². The summed E-state index contributed by atoms with van der Waals surface area (Å²) >= 11 is 0. The first-order valence-electron chi connectivity index (χ1n) is 7.26. The number of ether oxygens (including phenoxy) is 1. The third-order valence-electron chi connectivity index (χ3n) is 3.52. The van der Waals surface area contributed by atoms with E-state index >= 15 is 0 Å². The molecule has 0 spiro atoms. The number of amides is 1. The molecule has 0 bridgehead atoms. The molecule has 2 N–H and O–H groups in total. The van der Waals surface area contributed by atoms with Crippen LogP contribution in [0.15, 0.2) is 36.4 Å². The van der Waals surface area contributed by atoms with Gasteiger partial charge in [0.05, 0.1) is 7.11 Å². The van der Waals surface area contributed by atoms with E-state index in [1.807, 2.05) is 24.3 Å². The van der Waals surface area contributed by atoms with Crippen molar-refractivity contribution in [3.05, 3.63) is 42.0 Å². The van der Waals surface area contributed by atoms with Gasteiger partial charge in [0.1, 0.15) is 11.6 Å². The SMILES string of the molecule is COc1ccccc1CNc1ccc(NC(=O)C2CC2)nn1. The van der Waals surface area contributed by atoms with Crippen molar-refractivity contribution < 1.29 is 9.53 Å². The second-order valence-electron chi connectivity index (χ2n) is 5.23. The van der Waals surface area contributed by atoms with Crippen LogP contribution in [0.3, 0.4) is 0 Å². The summed E-state index contributed by atoms with van der Waals surface area (Å²) in [6.07, 6.45) is 1.94. The summed E-state index contributed by atoms with van der Waals surface area (Å²) in [7, 11) is 1.65. The van der Waals surface area contributed by atoms with E-state index in [4.69, 9.17) is 4.74 Å². The topological polar surface area (TPSA) is 76.1 Å². The molecule has 0 unspecified atom stereocenters. The van der Waals surface area contributed by atoms with Crippen LogP contribution in [0.5, 0.6) is 5.75 Å². The van der Waals surface area contributed by atoms with E-state index in [0.29, 0.717) is 18.2 Å². The van der Waals surface area contributed by atoms with Gasteiger partial charge in [0.2, 0.25) is 5.91 Å². The number of nitrogens with zero attached hydrogens (tertiary/aromatic N) is 2. The molecule has 0 radical (unpaired) electrons. The Bertz CT molecular complexity index is 653. The van der Waals surface area contributed by atoms with E-state index in [1.165, 1.54) is 0 Å². The highest BCUT2D eigenvalue weighted by Gasteiger charge is 2.29. The van der Waals surface area contributed by atoms with Crippen LogP contribution in [0.1, 0.15) is 18.4 Å². The molecule has 0 aliphatic heterocycles. The Labute approximate surface area is 128 Å². The summed E-state index contributed by atoms with van der Waals surface area (Å²) in [4.78, 5) is 11.6. The van der Waals surface area contributed by atoms with Crippen LogP contribution in [-0.2, 0) is 11.3 Å². The zero-order valence-corrected chi connectivity index (χ0v) is 12.4. The Morgan fingerprint density at radius 3 is 2.59 bits per heavy atom. The zero-order chi connectivity index (χ0) is 15.4. The number of hydrogen-bond acceptors (Lipinski definition) is 5. The van der Waals surface area contributed by atoms with Gasteiger partial charge in [0.15, 0.2) is 5.82 Å². The molecule has 2 aromatic rings. The minimum absolute atomic E-state index is 0.0315. The van der Waals surface area contributed by atoms with Crippen molar-refractivity contribution in [2.24, 2.45) is 5.92 Å². The molecule has 1 saturated carbocycles. The third-order valence-corrected chi connectivity index (χ3v) is 3.52. The van der Waals surface area contributed by atoms with Gasteiger partial charge in [-0.2, -0.15) is 0 Å². The number of carbonyl (C=O) groups excluding carboxylic acids is 1. The molecular weight excluding hydrogens is 280 g/mol. The van der Waals surface area contributed by atoms with E-state index in [-0.39, 0.29) is 11.8 Å². The van der Waals surface area contributed by atoms with E-state index in [0.717, 1.165) is 24.2 Å². The summed E-state index contributed by atoms with van der Waals surface area (Å²) < 4.78 is 5.30. The molecule has 6 nitrogen and oxygen atoms in total. The number of rotatable bonds is 6. The lowest BCUT2D eigenvalue weighted by Crippen LogP contribution is -2.15. The van der Waals surface area contributed by atoms with Crippen LogP contribution in [0.4, 0.5) is 11.6 Å². The molecule has 1 aromatic carbocycles. The summed E-state index contributed by atoms with van der Waals surface area (Å²) in [6, 6.07) is 11.3. The lowest BCUT2D eigenvalue weighted by Gasteiger charge is -2.10. The van der Waals surface area contributed by atoms with Crippen LogP contribution in [0.2, 0.25) is 0 Å². The molecule has 3 rings (SSSR count). The number of aromatic nitrogens is 2. The average molecular weight is 298 g/mol. The van der Waals surface area contributed by atoms with Crippen LogP contribution < -0.4 is 15.4 Å². The number of hydrogen-bond donors (Lipinski definition) is 2. The number of benzene rings is 1. The average Bonchev–Trinajstić information content (AvgIpc) is 3.39. The van der Waals surface area contributed by atoms with Gasteiger partial charge in [-0.3, -0.25) is 4.79 Å². The van der Waals surface area contributed by atoms with E-state index in [2.05, 4.69) is 20.8 Å². The van der Waals surface area contributed by atoms with Gasteiger partial charge in [-0.05, 0) is 31.0 Å². The van der Waals surface area contributed by atoms with Crippen molar-refractivity contribution >= 4 is 17.5 Å². The highest BCUT2D eigenvalue weighted by molar-refractivity contribution is 5.93. The maximum absolute atomic E-state index is 11.6. The van der Waals surface area contributed by atoms with Gasteiger partial charge >= 0.3 is 0 Å². The number of anilines is 2. The summed E-state index contributed by atoms with van der Waals surface area (Å²) in [6.45, 7) is 0.590. The molecule has 22 heavy (non-hydrogen) atoms. The Hall–Kier alpha value is -2.63. The highest BCUT2D eigenvalue weighted by Crippen LogP contribution is 2.29. The fraction of sp³-hybridized carbons (Fsp3) is 0.312. The number of para-hydroxylation sites is 1. The fourth-order valence-electron chi connectivity index (χ4n) is 2.10. The normalized spacial score (nSPS) is 13.5. The Kier molecular flexibility index (Phi) is 4.18. The molecule has 1 fully saturated rings. The molecule has 114 valence electrons. The number of nitrogens with one attached hydrogen (secondary N) is 2. The summed E-state index contributed by atoms with van der Waals surface area (Å²) in [5.41, 5.74) is 1.04. The van der Waals surface area contributed by atoms with Crippen molar-refractivity contribution in [3.8, 4) is 5.75 Å². The molecule has 1 aromatic heterocycles. The number of carbonyl (C=O) groups is 1. The predicted octanol–water partition coefficient (Wildman–Crippen LogP) is 2.45. The van der Waals surface area contributed by atoms with Crippen LogP contribution in [0, 0.1) is 5.92 Å². The second-order valence-corrected chi connectivity index (χ2v) is 5.23. The smallest absolute Gasteiger partial charge is 0.228 e. The van der Waals surface area contributed by atoms with E-state index in [9.17, 15) is 4.79 Å². The van der Waals surface area contributed by atoms with Crippen molar-refractivity contribution in [1.29, 1.82) is 0 Å². The van der Waals surface area contributed by atoms with Gasteiger partial charge < -0.3 is 15.4 Å². The maximum Gasteiger partial charge on any atom is 0.228 e. The van der Waals surface area contributed by atoms with Crippen molar-refractivity contribution in [2.45, 2.75) is 19.4 Å². The first-order chi connectivity index (χ1) is 10.8. The third kappa shape index (κ3) is 3.52. The number of methoxy groups -OCH3 is 1. The lowest BCUT2D eigenvalue weighted by molar-refractivity contribution is -0.117. The summed E-state index contributed by atoms with van der Waals surface area (Å²) in [5, 5.41) is 14.0. The quantitative estimate of drug-likeness (QED) is 0.856. The standard InChI is InChI=1S/C16H18N4O2/c1-22-13-5-3-2-4-12(13)10-17-14-8-9-15(20-19-14)18-16(21)11-6-7-11/h2-5,8-9,11H,6-7,10H2,1H3,(H,17,19)(H,18,20,21). The van der Waals surface area contributed by atoms with Crippen molar-refractivity contribution in [3.63, 3.8) is 0 Å². The van der Waals surface area contributed by atoms with Gasteiger partial charge in [-0.1, -0.05) is 18.2 Å². The predicted molar refractivity (Wildman–Crippen MR) is 83.7 cm³/mol. The second kappa shape index (κ2) is 6.43. The van der Waals surface area contributed by atoms with Gasteiger partial charge in [0, 0.05) is 18.0 Å². The minimum Gasteiger partial charge on any atom is -0.496 e. The fourth-order valence-corrected chi connectivity index (χ4v) is 2.10. The summed E-state index contributed by atoms with van der Waals surface area (Å²) in [5.74, 6) is 2.15. The minimum atomic E-state index is 0.0315. The van der Waals surface area contributed by atoms with E-state index in [1.54, 1.807) is 19.2 Å². The lowest BCUT2D eigenvalue weighted by atomic mass is 10.2. The molecule has 1 amide bonds. The van der Waals surface area contributed by atoms with Crippen molar-refractivity contribution in [1.82, 2.24) is 10.2 Å². The molecule has 1 aliphatic rings. The molecule has 1 aliphatic carbocycles. The first-order valence-corrected chi connectivity index (χ1v) is 7.26. The van der Waals surface area contributed by atoms with Gasteiger partial charge in [0.25, 0.3) is 0 Å². The van der Waals surface area contributed by atoms with E-state index < -0.39 is 0 Å². The maximum atomic E-state index is 11.6. The van der Waals surface area contributed by atoms with Crippen LogP contribution in [-0.4, -0.2) is 23.2 Å². The molecule has 0 atom stereocenters. The first kappa shape index (κ1) is 14.3. The van der Waals surface area contributed by atoms with Crippen LogP contribution >= 0.6 is 0 Å². The largest absolute Gasteiger partial charge is 0.496 e. The molecule has 0 saturated heterocycles. The molecule has 6 heteroatoms. The molecular formula is C16H18N4O2. The highest BCUT2D eigenvalue weighted by atomic mass is 16.5.